The summed E-state index contributed by atoms with van der Waals surface area (Å²) in [6, 6.07) is 8.04. The van der Waals surface area contributed by atoms with Gasteiger partial charge in [0.05, 0.1) is 0 Å². The Bertz CT molecular complexity index is 362. The van der Waals surface area contributed by atoms with Crippen LogP contribution in [0.4, 0.5) is 0 Å². The van der Waals surface area contributed by atoms with Gasteiger partial charge in [-0.25, -0.2) is 0 Å². The third-order valence-corrected chi connectivity index (χ3v) is 3.65. The lowest BCUT2D eigenvalue weighted by Gasteiger charge is -2.32. The van der Waals surface area contributed by atoms with Crippen LogP contribution in [0.15, 0.2) is 24.3 Å². The number of hydrogen-bond donors (Lipinski definition) is 1. The number of nitrogens with zero attached hydrogens (tertiary/aromatic N) is 2. The SMILES string of the molecule is CN1CCN(CCNCc2cccc(Cl)c2)CC1. The molecule has 1 N–H and O–H groups in total. The Morgan fingerprint density at radius 3 is 2.72 bits per heavy atom. The van der Waals surface area contributed by atoms with Crippen LogP contribution >= 0.6 is 11.6 Å². The van der Waals surface area contributed by atoms with E-state index in [0.29, 0.717) is 0 Å². The molecular weight excluding hydrogens is 246 g/mol. The summed E-state index contributed by atoms with van der Waals surface area (Å²) in [4.78, 5) is 4.90. The molecule has 18 heavy (non-hydrogen) atoms. The van der Waals surface area contributed by atoms with E-state index in [0.717, 1.165) is 24.7 Å². The van der Waals surface area contributed by atoms with Crippen molar-refractivity contribution in [2.24, 2.45) is 0 Å². The molecule has 4 heteroatoms. The van der Waals surface area contributed by atoms with Gasteiger partial charge in [0.25, 0.3) is 0 Å². The smallest absolute Gasteiger partial charge is 0.0409 e. The number of piperazine rings is 1. The minimum Gasteiger partial charge on any atom is -0.311 e. The zero-order valence-electron chi connectivity index (χ0n) is 11.0. The number of rotatable bonds is 5. The molecule has 2 rings (SSSR count). The highest BCUT2D eigenvalue weighted by Crippen LogP contribution is 2.10. The predicted molar refractivity (Wildman–Crippen MR) is 77.1 cm³/mol. The van der Waals surface area contributed by atoms with E-state index in [-0.39, 0.29) is 0 Å². The van der Waals surface area contributed by atoms with Crippen molar-refractivity contribution in [2.45, 2.75) is 6.54 Å². The molecule has 0 amide bonds. The fourth-order valence-electron chi connectivity index (χ4n) is 2.19. The molecule has 100 valence electrons. The van der Waals surface area contributed by atoms with Crippen LogP contribution in [0, 0.1) is 0 Å². The molecule has 0 spiro atoms. The molecular formula is C14H22ClN3. The molecule has 1 fully saturated rings. The summed E-state index contributed by atoms with van der Waals surface area (Å²) in [7, 11) is 2.19. The molecule has 0 radical (unpaired) electrons. The van der Waals surface area contributed by atoms with E-state index in [4.69, 9.17) is 11.6 Å². The maximum atomic E-state index is 5.95. The van der Waals surface area contributed by atoms with Gasteiger partial charge in [0, 0.05) is 50.8 Å². The van der Waals surface area contributed by atoms with Crippen LogP contribution in [-0.2, 0) is 6.54 Å². The summed E-state index contributed by atoms with van der Waals surface area (Å²) in [5, 5.41) is 4.29. The van der Waals surface area contributed by atoms with Crippen LogP contribution in [0.5, 0.6) is 0 Å². The molecule has 0 bridgehead atoms. The van der Waals surface area contributed by atoms with E-state index < -0.39 is 0 Å². The van der Waals surface area contributed by atoms with E-state index in [9.17, 15) is 0 Å². The van der Waals surface area contributed by atoms with E-state index in [1.54, 1.807) is 0 Å². The molecule has 1 aromatic rings. The van der Waals surface area contributed by atoms with Crippen molar-refractivity contribution in [3.05, 3.63) is 34.9 Å². The highest BCUT2D eigenvalue weighted by molar-refractivity contribution is 6.30. The molecule has 0 aromatic heterocycles. The normalized spacial score (nSPS) is 18.1. The summed E-state index contributed by atoms with van der Waals surface area (Å²) < 4.78 is 0. The van der Waals surface area contributed by atoms with E-state index >= 15 is 0 Å². The first kappa shape index (κ1) is 13.8. The molecule has 3 nitrogen and oxygen atoms in total. The Balaban J connectivity index is 1.61. The van der Waals surface area contributed by atoms with Gasteiger partial charge in [-0.3, -0.25) is 4.90 Å². The molecule has 0 saturated carbocycles. The van der Waals surface area contributed by atoms with Gasteiger partial charge in [-0.05, 0) is 24.7 Å². The second-order valence-electron chi connectivity index (χ2n) is 4.95. The Labute approximate surface area is 115 Å². The number of nitrogens with one attached hydrogen (secondary N) is 1. The van der Waals surface area contributed by atoms with Crippen molar-refractivity contribution in [2.75, 3.05) is 46.3 Å². The molecule has 0 atom stereocenters. The van der Waals surface area contributed by atoms with Crippen molar-refractivity contribution in [1.29, 1.82) is 0 Å². The van der Waals surface area contributed by atoms with Crippen LogP contribution in [0.25, 0.3) is 0 Å². The Hall–Kier alpha value is -0.610. The number of likely N-dealkylation sites (N-methyl/N-ethyl adjacent to an activating group) is 1. The van der Waals surface area contributed by atoms with Crippen LogP contribution in [0.1, 0.15) is 5.56 Å². The zero-order chi connectivity index (χ0) is 12.8. The zero-order valence-corrected chi connectivity index (χ0v) is 11.8. The summed E-state index contributed by atoms with van der Waals surface area (Å²) >= 11 is 5.95. The van der Waals surface area contributed by atoms with Gasteiger partial charge in [0.15, 0.2) is 0 Å². The Morgan fingerprint density at radius 2 is 2.00 bits per heavy atom. The van der Waals surface area contributed by atoms with E-state index in [1.165, 1.54) is 31.7 Å². The first-order valence-electron chi connectivity index (χ1n) is 6.60. The average molecular weight is 268 g/mol. The molecule has 1 aliphatic rings. The minimum atomic E-state index is 0.813. The van der Waals surface area contributed by atoms with Gasteiger partial charge in [0.2, 0.25) is 0 Å². The third-order valence-electron chi connectivity index (χ3n) is 3.42. The van der Waals surface area contributed by atoms with Crippen LogP contribution in [0.3, 0.4) is 0 Å². The maximum Gasteiger partial charge on any atom is 0.0409 e. The maximum absolute atomic E-state index is 5.95. The fraction of sp³-hybridized carbons (Fsp3) is 0.571. The van der Waals surface area contributed by atoms with Gasteiger partial charge < -0.3 is 10.2 Å². The van der Waals surface area contributed by atoms with Gasteiger partial charge >= 0.3 is 0 Å². The predicted octanol–water partition coefficient (Wildman–Crippen LogP) is 1.68. The summed E-state index contributed by atoms with van der Waals surface area (Å²) in [5.41, 5.74) is 1.25. The van der Waals surface area contributed by atoms with Crippen molar-refractivity contribution in [1.82, 2.24) is 15.1 Å². The quantitative estimate of drug-likeness (QED) is 0.819. The van der Waals surface area contributed by atoms with Gasteiger partial charge in [-0.2, -0.15) is 0 Å². The lowest BCUT2D eigenvalue weighted by molar-refractivity contribution is 0.154. The molecule has 1 aliphatic heterocycles. The monoisotopic (exact) mass is 267 g/mol. The molecule has 1 aromatic carbocycles. The highest BCUT2D eigenvalue weighted by atomic mass is 35.5. The second kappa shape index (κ2) is 7.10. The van der Waals surface area contributed by atoms with E-state index in [1.807, 2.05) is 18.2 Å². The minimum absolute atomic E-state index is 0.813. The molecule has 0 unspecified atom stereocenters. The third kappa shape index (κ3) is 4.58. The Kier molecular flexibility index (Phi) is 5.45. The summed E-state index contributed by atoms with van der Waals surface area (Å²) in [6.07, 6.45) is 0. The second-order valence-corrected chi connectivity index (χ2v) is 5.39. The number of benzene rings is 1. The summed E-state index contributed by atoms with van der Waals surface area (Å²) in [5.74, 6) is 0. The van der Waals surface area contributed by atoms with Crippen LogP contribution in [-0.4, -0.2) is 56.1 Å². The standard InChI is InChI=1S/C14H22ClN3/c1-17-7-9-18(10-8-17)6-5-16-12-13-3-2-4-14(15)11-13/h2-4,11,16H,5-10,12H2,1H3. The first-order valence-corrected chi connectivity index (χ1v) is 6.98. The van der Waals surface area contributed by atoms with Crippen LogP contribution < -0.4 is 5.32 Å². The molecule has 1 saturated heterocycles. The van der Waals surface area contributed by atoms with Gasteiger partial charge in [-0.15, -0.1) is 0 Å². The summed E-state index contributed by atoms with van der Waals surface area (Å²) in [6.45, 7) is 7.83. The number of halogens is 1. The highest BCUT2D eigenvalue weighted by Gasteiger charge is 2.12. The average Bonchev–Trinajstić information content (AvgIpc) is 2.37. The van der Waals surface area contributed by atoms with Crippen molar-refractivity contribution < 1.29 is 0 Å². The largest absolute Gasteiger partial charge is 0.311 e. The van der Waals surface area contributed by atoms with E-state index in [2.05, 4.69) is 28.2 Å². The topological polar surface area (TPSA) is 18.5 Å². The van der Waals surface area contributed by atoms with Gasteiger partial charge in [-0.1, -0.05) is 23.7 Å². The fourth-order valence-corrected chi connectivity index (χ4v) is 2.40. The van der Waals surface area contributed by atoms with Crippen molar-refractivity contribution in [3.63, 3.8) is 0 Å². The van der Waals surface area contributed by atoms with Crippen LogP contribution in [0.2, 0.25) is 5.02 Å². The molecule has 0 aliphatic carbocycles. The number of hydrogen-bond acceptors (Lipinski definition) is 3. The van der Waals surface area contributed by atoms with Crippen molar-refractivity contribution >= 4 is 11.6 Å². The Morgan fingerprint density at radius 1 is 1.22 bits per heavy atom. The first-order chi connectivity index (χ1) is 8.74. The lowest BCUT2D eigenvalue weighted by atomic mass is 10.2. The van der Waals surface area contributed by atoms with Crippen molar-refractivity contribution in [3.8, 4) is 0 Å². The van der Waals surface area contributed by atoms with Gasteiger partial charge in [0.1, 0.15) is 0 Å². The molecule has 1 heterocycles. The lowest BCUT2D eigenvalue weighted by Crippen LogP contribution is -2.46.